The first-order valence-electron chi connectivity index (χ1n) is 7.22. The van der Waals surface area contributed by atoms with Crippen molar-refractivity contribution >= 4 is 11.6 Å². The zero-order chi connectivity index (χ0) is 17.2. The fourth-order valence-electron chi connectivity index (χ4n) is 1.84. The Kier molecular flexibility index (Phi) is 7.26. The molecule has 1 amide bonds. The smallest absolute Gasteiger partial charge is 0.270 e. The van der Waals surface area contributed by atoms with Gasteiger partial charge in [0.1, 0.15) is 0 Å². The number of benzene rings is 1. The SMILES string of the molecule is C/C=C/C=C\C=C(/C)NC(C)NC(=O)c1cccc([N+](=O)[O-])c1. The summed E-state index contributed by atoms with van der Waals surface area (Å²) in [6, 6.07) is 5.63. The molecule has 2 N–H and O–H groups in total. The van der Waals surface area contributed by atoms with Crippen LogP contribution in [0.5, 0.6) is 0 Å². The summed E-state index contributed by atoms with van der Waals surface area (Å²) in [6.45, 7) is 5.61. The Balaban J connectivity index is 2.63. The number of nitrogens with zero attached hydrogens (tertiary/aromatic N) is 1. The number of carbonyl (C=O) groups is 1. The third-order valence-electron chi connectivity index (χ3n) is 2.87. The number of non-ortho nitro benzene ring substituents is 1. The number of nitrogens with one attached hydrogen (secondary N) is 2. The van der Waals surface area contributed by atoms with Crippen molar-refractivity contribution in [3.63, 3.8) is 0 Å². The highest BCUT2D eigenvalue weighted by Crippen LogP contribution is 2.12. The van der Waals surface area contributed by atoms with Gasteiger partial charge in [0.05, 0.1) is 11.1 Å². The van der Waals surface area contributed by atoms with E-state index in [1.807, 2.05) is 44.2 Å². The Morgan fingerprint density at radius 2 is 2.00 bits per heavy atom. The van der Waals surface area contributed by atoms with Crippen LogP contribution in [0.15, 0.2) is 60.3 Å². The van der Waals surface area contributed by atoms with Gasteiger partial charge in [0.15, 0.2) is 0 Å². The summed E-state index contributed by atoms with van der Waals surface area (Å²) in [5, 5.41) is 16.6. The van der Waals surface area contributed by atoms with Crippen molar-refractivity contribution in [2.75, 3.05) is 0 Å². The van der Waals surface area contributed by atoms with Crippen molar-refractivity contribution in [1.29, 1.82) is 0 Å². The van der Waals surface area contributed by atoms with E-state index >= 15 is 0 Å². The van der Waals surface area contributed by atoms with Crippen LogP contribution in [0.2, 0.25) is 0 Å². The van der Waals surface area contributed by atoms with Crippen molar-refractivity contribution in [1.82, 2.24) is 10.6 Å². The molecule has 0 spiro atoms. The minimum absolute atomic E-state index is 0.108. The molecule has 0 aromatic heterocycles. The fraction of sp³-hybridized carbons (Fsp3) is 0.235. The normalized spacial score (nSPS) is 13.3. The number of carbonyl (C=O) groups excluding carboxylic acids is 1. The summed E-state index contributed by atoms with van der Waals surface area (Å²) in [4.78, 5) is 22.3. The molecule has 23 heavy (non-hydrogen) atoms. The van der Waals surface area contributed by atoms with Crippen molar-refractivity contribution in [2.24, 2.45) is 0 Å². The Bertz CT molecular complexity index is 648. The lowest BCUT2D eigenvalue weighted by Gasteiger charge is -2.17. The van der Waals surface area contributed by atoms with E-state index in [9.17, 15) is 14.9 Å². The van der Waals surface area contributed by atoms with Gasteiger partial charge in [-0.05, 0) is 32.9 Å². The molecule has 0 fully saturated rings. The maximum Gasteiger partial charge on any atom is 0.270 e. The lowest BCUT2D eigenvalue weighted by molar-refractivity contribution is -0.384. The highest BCUT2D eigenvalue weighted by atomic mass is 16.6. The molecule has 1 aromatic rings. The predicted octanol–water partition coefficient (Wildman–Crippen LogP) is 3.30. The van der Waals surface area contributed by atoms with Gasteiger partial charge in [-0.3, -0.25) is 14.9 Å². The zero-order valence-electron chi connectivity index (χ0n) is 13.4. The van der Waals surface area contributed by atoms with Gasteiger partial charge in [0.2, 0.25) is 0 Å². The summed E-state index contributed by atoms with van der Waals surface area (Å²) in [6.07, 6.45) is 9.20. The Hall–Kier alpha value is -2.89. The molecule has 1 aromatic carbocycles. The van der Waals surface area contributed by atoms with Crippen LogP contribution >= 0.6 is 0 Å². The van der Waals surface area contributed by atoms with Gasteiger partial charge in [-0.1, -0.05) is 30.4 Å². The predicted molar refractivity (Wildman–Crippen MR) is 90.9 cm³/mol. The first kappa shape index (κ1) is 18.2. The maximum atomic E-state index is 12.1. The molecular weight excluding hydrogens is 294 g/mol. The third-order valence-corrected chi connectivity index (χ3v) is 2.87. The lowest BCUT2D eigenvalue weighted by Crippen LogP contribution is -2.42. The number of hydrogen-bond acceptors (Lipinski definition) is 4. The minimum Gasteiger partial charge on any atom is -0.369 e. The molecule has 0 heterocycles. The number of nitro benzene ring substituents is 1. The quantitative estimate of drug-likeness (QED) is 0.350. The average Bonchev–Trinajstić information content (AvgIpc) is 2.51. The lowest BCUT2D eigenvalue weighted by atomic mass is 10.2. The van der Waals surface area contributed by atoms with Crippen molar-refractivity contribution < 1.29 is 9.72 Å². The summed E-state index contributed by atoms with van der Waals surface area (Å²) in [5.74, 6) is -0.369. The first-order valence-corrected chi connectivity index (χ1v) is 7.22. The molecule has 0 aliphatic heterocycles. The van der Waals surface area contributed by atoms with E-state index in [1.54, 1.807) is 6.92 Å². The maximum absolute atomic E-state index is 12.1. The second-order valence-electron chi connectivity index (χ2n) is 4.91. The second kappa shape index (κ2) is 9.19. The third kappa shape index (κ3) is 6.60. The van der Waals surface area contributed by atoms with E-state index in [0.717, 1.165) is 5.70 Å². The molecule has 6 heteroatoms. The van der Waals surface area contributed by atoms with Gasteiger partial charge in [-0.15, -0.1) is 0 Å². The van der Waals surface area contributed by atoms with E-state index in [-0.39, 0.29) is 23.3 Å². The van der Waals surface area contributed by atoms with Gasteiger partial charge in [-0.2, -0.15) is 0 Å². The largest absolute Gasteiger partial charge is 0.369 e. The van der Waals surface area contributed by atoms with Crippen LogP contribution in [-0.2, 0) is 0 Å². The van der Waals surface area contributed by atoms with Crippen molar-refractivity contribution in [3.05, 3.63) is 76.0 Å². The Labute approximate surface area is 135 Å². The van der Waals surface area contributed by atoms with Crippen LogP contribution in [0.4, 0.5) is 5.69 Å². The molecule has 1 atom stereocenters. The highest BCUT2D eigenvalue weighted by Gasteiger charge is 2.13. The van der Waals surface area contributed by atoms with Crippen molar-refractivity contribution in [3.8, 4) is 0 Å². The molecule has 0 saturated heterocycles. The monoisotopic (exact) mass is 315 g/mol. The number of hydrogen-bond donors (Lipinski definition) is 2. The fourth-order valence-corrected chi connectivity index (χ4v) is 1.84. The molecule has 0 bridgehead atoms. The molecule has 6 nitrogen and oxygen atoms in total. The minimum atomic E-state index is -0.525. The molecular formula is C17H21N3O3. The number of amides is 1. The molecule has 0 aliphatic rings. The zero-order valence-corrected chi connectivity index (χ0v) is 13.4. The first-order chi connectivity index (χ1) is 10.9. The second-order valence-corrected chi connectivity index (χ2v) is 4.91. The van der Waals surface area contributed by atoms with Gasteiger partial charge < -0.3 is 10.6 Å². The standard InChI is InChI=1S/C17H21N3O3/c1-4-5-6-7-9-13(2)18-14(3)19-17(21)15-10-8-11-16(12-15)20(22)23/h4-12,14,18H,1-3H3,(H,19,21)/b5-4+,7-6-,13-9+. The molecule has 122 valence electrons. The van der Waals surface area contributed by atoms with Gasteiger partial charge in [0, 0.05) is 23.4 Å². The van der Waals surface area contributed by atoms with Crippen molar-refractivity contribution in [2.45, 2.75) is 26.9 Å². The molecule has 0 aliphatic carbocycles. The van der Waals surface area contributed by atoms with Crippen LogP contribution < -0.4 is 10.6 Å². The van der Waals surface area contributed by atoms with E-state index < -0.39 is 4.92 Å². The van der Waals surface area contributed by atoms with E-state index in [1.165, 1.54) is 24.3 Å². The van der Waals surface area contributed by atoms with Gasteiger partial charge >= 0.3 is 0 Å². The summed E-state index contributed by atoms with van der Waals surface area (Å²) in [5.41, 5.74) is 1.03. The molecule has 1 unspecified atom stereocenters. The number of rotatable bonds is 7. The summed E-state index contributed by atoms with van der Waals surface area (Å²) in [7, 11) is 0. The number of nitro groups is 1. The molecule has 1 rings (SSSR count). The van der Waals surface area contributed by atoms with Crippen LogP contribution in [0.1, 0.15) is 31.1 Å². The Morgan fingerprint density at radius 3 is 2.65 bits per heavy atom. The van der Waals surface area contributed by atoms with Crippen LogP contribution in [0, 0.1) is 10.1 Å². The highest BCUT2D eigenvalue weighted by molar-refractivity contribution is 5.94. The van der Waals surface area contributed by atoms with Crippen LogP contribution in [0.25, 0.3) is 0 Å². The summed E-state index contributed by atoms with van der Waals surface area (Å²) < 4.78 is 0. The summed E-state index contributed by atoms with van der Waals surface area (Å²) >= 11 is 0. The van der Waals surface area contributed by atoms with E-state index in [0.29, 0.717) is 0 Å². The van der Waals surface area contributed by atoms with E-state index in [4.69, 9.17) is 0 Å². The molecule has 0 radical (unpaired) electrons. The Morgan fingerprint density at radius 1 is 1.26 bits per heavy atom. The molecule has 0 saturated carbocycles. The van der Waals surface area contributed by atoms with Crippen LogP contribution in [-0.4, -0.2) is 17.0 Å². The number of allylic oxidation sites excluding steroid dienone is 6. The average molecular weight is 315 g/mol. The van der Waals surface area contributed by atoms with Gasteiger partial charge in [-0.25, -0.2) is 0 Å². The van der Waals surface area contributed by atoms with E-state index in [2.05, 4.69) is 10.6 Å². The topological polar surface area (TPSA) is 84.3 Å². The van der Waals surface area contributed by atoms with Gasteiger partial charge in [0.25, 0.3) is 11.6 Å². The van der Waals surface area contributed by atoms with Crippen LogP contribution in [0.3, 0.4) is 0 Å².